The minimum Gasteiger partial charge on any atom is -0.0917 e. The van der Waals surface area contributed by atoms with Gasteiger partial charge >= 0.3 is 0 Å². The van der Waals surface area contributed by atoms with Crippen molar-refractivity contribution in [3.8, 4) is 0 Å². The van der Waals surface area contributed by atoms with Crippen LogP contribution in [0.15, 0.2) is 91.0 Å². The lowest BCUT2D eigenvalue weighted by molar-refractivity contribution is 0.245. The molecule has 0 nitrogen and oxygen atoms in total. The van der Waals surface area contributed by atoms with Crippen LogP contribution in [0.2, 0.25) is 0 Å². The van der Waals surface area contributed by atoms with E-state index in [0.29, 0.717) is 5.92 Å². The fourth-order valence-corrected chi connectivity index (χ4v) is 5.74. The molecule has 0 radical (unpaired) electrons. The van der Waals surface area contributed by atoms with Crippen LogP contribution in [0.25, 0.3) is 12.2 Å². The van der Waals surface area contributed by atoms with E-state index in [1.807, 2.05) is 0 Å². The lowest BCUT2D eigenvalue weighted by Gasteiger charge is -2.30. The Balaban J connectivity index is 1.17. The van der Waals surface area contributed by atoms with Gasteiger partial charge in [0.2, 0.25) is 0 Å². The first-order valence-corrected chi connectivity index (χ1v) is 14.2. The first kappa shape index (κ1) is 26.2. The highest BCUT2D eigenvalue weighted by atomic mass is 14.3. The standard InChI is InChI=1S/C36H44/c1-3-4-6-9-30-12-14-31(15-13-30)16-17-32-18-20-33(21-19-32)22-23-34-24-26-35(27-25-34)28-29(2)36-10-7-5-8-11-36/h3-5,7-8,10-21,29,34-35H,6,9,22-28H2,1-2H3/t29-,34?,35?/m0/s1. The Morgan fingerprint density at radius 3 is 1.83 bits per heavy atom. The fraction of sp³-hybridized carbons (Fsp3) is 0.389. The van der Waals surface area contributed by atoms with Crippen molar-refractivity contribution in [2.75, 3.05) is 0 Å². The predicted molar refractivity (Wildman–Crippen MR) is 158 cm³/mol. The van der Waals surface area contributed by atoms with Crippen molar-refractivity contribution in [3.63, 3.8) is 0 Å². The molecule has 188 valence electrons. The molecule has 3 aromatic carbocycles. The van der Waals surface area contributed by atoms with Crippen LogP contribution in [0, 0.1) is 11.8 Å². The van der Waals surface area contributed by atoms with Gasteiger partial charge in [-0.25, -0.2) is 0 Å². The molecule has 0 bridgehead atoms. The zero-order valence-corrected chi connectivity index (χ0v) is 22.4. The molecule has 0 heterocycles. The van der Waals surface area contributed by atoms with Crippen LogP contribution in [-0.2, 0) is 12.8 Å². The van der Waals surface area contributed by atoms with E-state index >= 15 is 0 Å². The summed E-state index contributed by atoms with van der Waals surface area (Å²) in [5.41, 5.74) is 6.94. The molecular weight excluding hydrogens is 432 g/mol. The van der Waals surface area contributed by atoms with Gasteiger partial charge in [0, 0.05) is 0 Å². The highest BCUT2D eigenvalue weighted by molar-refractivity contribution is 5.69. The van der Waals surface area contributed by atoms with Crippen molar-refractivity contribution in [2.24, 2.45) is 11.8 Å². The number of allylic oxidation sites excluding steroid dienone is 2. The van der Waals surface area contributed by atoms with E-state index in [-0.39, 0.29) is 0 Å². The van der Waals surface area contributed by atoms with Crippen molar-refractivity contribution in [3.05, 3.63) is 119 Å². The molecule has 0 saturated heterocycles. The summed E-state index contributed by atoms with van der Waals surface area (Å²) < 4.78 is 0. The first-order chi connectivity index (χ1) is 17.7. The molecule has 1 aliphatic carbocycles. The average molecular weight is 477 g/mol. The molecule has 0 amide bonds. The molecule has 0 aromatic heterocycles. The van der Waals surface area contributed by atoms with Gasteiger partial charge in [0.15, 0.2) is 0 Å². The lowest BCUT2D eigenvalue weighted by Crippen LogP contribution is -2.16. The summed E-state index contributed by atoms with van der Waals surface area (Å²) in [6.07, 6.45) is 20.6. The van der Waals surface area contributed by atoms with Crippen LogP contribution in [-0.4, -0.2) is 0 Å². The molecule has 0 aliphatic heterocycles. The Bertz CT molecular complexity index is 1060. The Morgan fingerprint density at radius 1 is 0.694 bits per heavy atom. The maximum Gasteiger partial charge on any atom is -0.0188 e. The summed E-state index contributed by atoms with van der Waals surface area (Å²) in [5.74, 6) is 2.51. The van der Waals surface area contributed by atoms with Gasteiger partial charge in [0.1, 0.15) is 0 Å². The van der Waals surface area contributed by atoms with E-state index in [1.165, 1.54) is 72.8 Å². The molecule has 1 atom stereocenters. The van der Waals surface area contributed by atoms with Gasteiger partial charge in [-0.15, -0.1) is 0 Å². The molecule has 4 rings (SSSR count). The van der Waals surface area contributed by atoms with E-state index in [2.05, 4.69) is 117 Å². The van der Waals surface area contributed by atoms with Crippen LogP contribution < -0.4 is 0 Å². The summed E-state index contributed by atoms with van der Waals surface area (Å²) in [4.78, 5) is 0. The minimum atomic E-state index is 0.688. The van der Waals surface area contributed by atoms with Crippen LogP contribution in [0.4, 0.5) is 0 Å². The highest BCUT2D eigenvalue weighted by Gasteiger charge is 2.22. The largest absolute Gasteiger partial charge is 0.0917 e. The summed E-state index contributed by atoms with van der Waals surface area (Å²) in [5, 5.41) is 0. The number of benzene rings is 3. The van der Waals surface area contributed by atoms with Gasteiger partial charge < -0.3 is 0 Å². The van der Waals surface area contributed by atoms with Gasteiger partial charge in [0.05, 0.1) is 0 Å². The second-order valence-corrected chi connectivity index (χ2v) is 10.9. The normalized spacial score (nSPS) is 19.2. The van der Waals surface area contributed by atoms with Crippen LogP contribution in [0.5, 0.6) is 0 Å². The first-order valence-electron chi connectivity index (χ1n) is 14.2. The third-order valence-electron chi connectivity index (χ3n) is 8.13. The van der Waals surface area contributed by atoms with E-state index in [0.717, 1.165) is 24.7 Å². The second kappa shape index (κ2) is 14.0. The lowest BCUT2D eigenvalue weighted by atomic mass is 9.76. The summed E-state index contributed by atoms with van der Waals surface area (Å²) >= 11 is 0. The van der Waals surface area contributed by atoms with E-state index in [9.17, 15) is 0 Å². The average Bonchev–Trinajstić information content (AvgIpc) is 2.93. The van der Waals surface area contributed by atoms with Crippen LogP contribution >= 0.6 is 0 Å². The van der Waals surface area contributed by atoms with Crippen molar-refractivity contribution in [2.45, 2.75) is 77.6 Å². The monoisotopic (exact) mass is 476 g/mol. The van der Waals surface area contributed by atoms with Gasteiger partial charge in [0.25, 0.3) is 0 Å². The number of aryl methyl sites for hydroxylation is 2. The highest BCUT2D eigenvalue weighted by Crippen LogP contribution is 2.37. The van der Waals surface area contributed by atoms with Crippen LogP contribution in [0.1, 0.15) is 92.5 Å². The van der Waals surface area contributed by atoms with Gasteiger partial charge in [-0.2, -0.15) is 0 Å². The molecule has 0 unspecified atom stereocenters. The van der Waals surface area contributed by atoms with Crippen molar-refractivity contribution in [1.82, 2.24) is 0 Å². The molecule has 0 heteroatoms. The number of hydrogen-bond acceptors (Lipinski definition) is 0. The quantitative estimate of drug-likeness (QED) is 0.191. The summed E-state index contributed by atoms with van der Waals surface area (Å²) in [7, 11) is 0. The SMILES string of the molecule is CC=CCCc1ccc(C=Cc2ccc(CCC3CCC(C[C@H](C)c4ccccc4)CC3)cc2)cc1. The molecule has 3 aromatic rings. The fourth-order valence-electron chi connectivity index (χ4n) is 5.74. The minimum absolute atomic E-state index is 0.688. The van der Waals surface area contributed by atoms with E-state index in [4.69, 9.17) is 0 Å². The van der Waals surface area contributed by atoms with Gasteiger partial charge in [-0.3, -0.25) is 0 Å². The van der Waals surface area contributed by atoms with Gasteiger partial charge in [-0.1, -0.05) is 136 Å². The zero-order valence-electron chi connectivity index (χ0n) is 22.4. The smallest absolute Gasteiger partial charge is 0.0188 e. The Labute approximate surface area is 220 Å². The third kappa shape index (κ3) is 8.37. The topological polar surface area (TPSA) is 0 Å². The summed E-state index contributed by atoms with van der Waals surface area (Å²) in [6, 6.07) is 29.2. The molecule has 0 spiro atoms. The molecule has 1 aliphatic rings. The predicted octanol–water partition coefficient (Wildman–Crippen LogP) is 10.3. The third-order valence-corrected chi connectivity index (χ3v) is 8.13. The number of hydrogen-bond donors (Lipinski definition) is 0. The molecule has 1 fully saturated rings. The van der Waals surface area contributed by atoms with Gasteiger partial charge in [-0.05, 0) is 84.6 Å². The van der Waals surface area contributed by atoms with Crippen LogP contribution in [0.3, 0.4) is 0 Å². The molecule has 36 heavy (non-hydrogen) atoms. The Hall–Kier alpha value is -2.86. The van der Waals surface area contributed by atoms with Crippen molar-refractivity contribution in [1.29, 1.82) is 0 Å². The van der Waals surface area contributed by atoms with E-state index < -0.39 is 0 Å². The summed E-state index contributed by atoms with van der Waals surface area (Å²) in [6.45, 7) is 4.49. The maximum atomic E-state index is 2.41. The second-order valence-electron chi connectivity index (χ2n) is 10.9. The van der Waals surface area contributed by atoms with Crippen molar-refractivity contribution >= 4 is 12.2 Å². The molecule has 0 N–H and O–H groups in total. The number of rotatable bonds is 11. The molecule has 1 saturated carbocycles. The maximum absolute atomic E-state index is 2.41. The Kier molecular flexibility index (Phi) is 10.2. The Morgan fingerprint density at radius 2 is 1.25 bits per heavy atom. The molecular formula is C36H44. The zero-order chi connectivity index (χ0) is 25.0. The van der Waals surface area contributed by atoms with E-state index in [1.54, 1.807) is 0 Å². The van der Waals surface area contributed by atoms with Crippen molar-refractivity contribution < 1.29 is 0 Å².